The topological polar surface area (TPSA) is 12.9 Å². The highest BCUT2D eigenvalue weighted by Crippen LogP contribution is 2.06. The lowest BCUT2D eigenvalue weighted by molar-refractivity contribution is 1.42. The fraction of sp³-hybridized carbons (Fsp3) is 0. The van der Waals surface area contributed by atoms with Crippen molar-refractivity contribution >= 4 is 33.9 Å². The number of aromatic nitrogens is 1. The van der Waals surface area contributed by atoms with Crippen LogP contribution in [0.1, 0.15) is 0 Å². The molecule has 0 aliphatic carbocycles. The molecule has 32 valence electrons. The minimum absolute atomic E-state index is 1.24. The Balaban J connectivity index is 3.05. The van der Waals surface area contributed by atoms with E-state index in [0.717, 1.165) is 0 Å². The summed E-state index contributed by atoms with van der Waals surface area (Å²) in [5.41, 5.74) is 1.82. The zero-order valence-corrected chi connectivity index (χ0v) is 5.86. The molecular formula is C3H2INS. The standard InChI is InChI=1S/C3H2INS/c4-3-1-5-2-6-3/h1-2H. The van der Waals surface area contributed by atoms with Gasteiger partial charge < -0.3 is 0 Å². The highest BCUT2D eigenvalue weighted by Gasteiger charge is 1.78. The van der Waals surface area contributed by atoms with Gasteiger partial charge in [0.25, 0.3) is 0 Å². The van der Waals surface area contributed by atoms with Crippen LogP contribution in [0.2, 0.25) is 0 Å². The first-order valence-electron chi connectivity index (χ1n) is 1.43. The van der Waals surface area contributed by atoms with Crippen molar-refractivity contribution in [3.8, 4) is 0 Å². The van der Waals surface area contributed by atoms with Crippen molar-refractivity contribution in [3.05, 3.63) is 14.6 Å². The lowest BCUT2D eigenvalue weighted by Crippen LogP contribution is -1.46. The summed E-state index contributed by atoms with van der Waals surface area (Å²) in [6.07, 6.45) is 1.84. The predicted molar refractivity (Wildman–Crippen MR) is 34.8 cm³/mol. The molecule has 1 rings (SSSR count). The number of nitrogens with zero attached hydrogens (tertiary/aromatic N) is 1. The van der Waals surface area contributed by atoms with Crippen molar-refractivity contribution in [2.45, 2.75) is 0 Å². The molecular weight excluding hydrogens is 209 g/mol. The van der Waals surface area contributed by atoms with Crippen LogP contribution in [0.4, 0.5) is 0 Å². The highest BCUT2D eigenvalue weighted by molar-refractivity contribution is 14.1. The zero-order valence-electron chi connectivity index (χ0n) is 2.89. The van der Waals surface area contributed by atoms with E-state index in [1.807, 2.05) is 11.7 Å². The minimum Gasteiger partial charge on any atom is -0.252 e. The van der Waals surface area contributed by atoms with Gasteiger partial charge in [0.2, 0.25) is 0 Å². The average Bonchev–Trinajstić information content (AvgIpc) is 1.86. The maximum Gasteiger partial charge on any atom is 0.0851 e. The molecule has 1 nitrogen and oxygen atoms in total. The first kappa shape index (κ1) is 4.52. The summed E-state index contributed by atoms with van der Waals surface area (Å²) in [7, 11) is 0. The predicted octanol–water partition coefficient (Wildman–Crippen LogP) is 1.75. The van der Waals surface area contributed by atoms with E-state index in [0.29, 0.717) is 0 Å². The third-order valence-electron chi connectivity index (χ3n) is 0.402. The summed E-state index contributed by atoms with van der Waals surface area (Å²) < 4.78 is 1.24. The highest BCUT2D eigenvalue weighted by atomic mass is 127. The van der Waals surface area contributed by atoms with Crippen molar-refractivity contribution in [1.29, 1.82) is 0 Å². The Morgan fingerprint density at radius 1 is 1.83 bits per heavy atom. The first-order valence-corrected chi connectivity index (χ1v) is 3.39. The van der Waals surface area contributed by atoms with E-state index in [-0.39, 0.29) is 0 Å². The molecule has 0 saturated heterocycles. The second-order valence-electron chi connectivity index (χ2n) is 0.806. The van der Waals surface area contributed by atoms with Gasteiger partial charge in [0.15, 0.2) is 0 Å². The van der Waals surface area contributed by atoms with Crippen molar-refractivity contribution in [1.82, 2.24) is 4.98 Å². The molecule has 0 saturated carbocycles. The van der Waals surface area contributed by atoms with Crippen LogP contribution in [0.25, 0.3) is 0 Å². The summed E-state index contributed by atoms with van der Waals surface area (Å²) in [5.74, 6) is 0. The Morgan fingerprint density at radius 3 is 2.83 bits per heavy atom. The van der Waals surface area contributed by atoms with Gasteiger partial charge >= 0.3 is 0 Å². The van der Waals surface area contributed by atoms with Gasteiger partial charge in [-0.1, -0.05) is 0 Å². The first-order chi connectivity index (χ1) is 2.89. The molecule has 0 aliphatic heterocycles. The second kappa shape index (κ2) is 1.88. The van der Waals surface area contributed by atoms with E-state index in [9.17, 15) is 0 Å². The van der Waals surface area contributed by atoms with Gasteiger partial charge in [0, 0.05) is 0 Å². The molecule has 0 bridgehead atoms. The summed E-state index contributed by atoms with van der Waals surface area (Å²) in [6.45, 7) is 0. The smallest absolute Gasteiger partial charge is 0.0851 e. The van der Waals surface area contributed by atoms with Crippen molar-refractivity contribution in [2.24, 2.45) is 0 Å². The molecule has 0 atom stereocenters. The van der Waals surface area contributed by atoms with E-state index in [1.54, 1.807) is 11.3 Å². The number of hydrogen-bond acceptors (Lipinski definition) is 2. The van der Waals surface area contributed by atoms with Gasteiger partial charge in [-0.15, -0.1) is 11.3 Å². The number of thiazole rings is 1. The van der Waals surface area contributed by atoms with Gasteiger partial charge in [-0.05, 0) is 22.6 Å². The summed E-state index contributed by atoms with van der Waals surface area (Å²) in [4.78, 5) is 3.83. The molecule has 0 unspecified atom stereocenters. The molecule has 1 aromatic rings. The number of rotatable bonds is 0. The summed E-state index contributed by atoms with van der Waals surface area (Å²) >= 11 is 3.88. The van der Waals surface area contributed by atoms with Crippen molar-refractivity contribution in [2.75, 3.05) is 0 Å². The van der Waals surface area contributed by atoms with E-state index in [2.05, 4.69) is 27.6 Å². The third kappa shape index (κ3) is 0.909. The molecule has 1 aromatic heterocycles. The van der Waals surface area contributed by atoms with Crippen LogP contribution in [0.15, 0.2) is 11.7 Å². The molecule has 0 N–H and O–H groups in total. The molecule has 3 heteroatoms. The zero-order chi connectivity index (χ0) is 4.41. The fourth-order valence-electron chi connectivity index (χ4n) is 0.200. The summed E-state index contributed by atoms with van der Waals surface area (Å²) in [6, 6.07) is 0. The van der Waals surface area contributed by atoms with E-state index in [4.69, 9.17) is 0 Å². The van der Waals surface area contributed by atoms with Gasteiger partial charge in [-0.2, -0.15) is 0 Å². The van der Waals surface area contributed by atoms with Crippen LogP contribution in [0.3, 0.4) is 0 Å². The summed E-state index contributed by atoms with van der Waals surface area (Å²) in [5, 5.41) is 0. The van der Waals surface area contributed by atoms with E-state index < -0.39 is 0 Å². The second-order valence-corrected chi connectivity index (χ2v) is 3.59. The lowest BCUT2D eigenvalue weighted by Gasteiger charge is -1.60. The lowest BCUT2D eigenvalue weighted by atomic mass is 11.0. The van der Waals surface area contributed by atoms with Crippen LogP contribution in [-0.4, -0.2) is 4.98 Å². The Bertz CT molecular complexity index is 114. The monoisotopic (exact) mass is 211 g/mol. The maximum atomic E-state index is 3.83. The van der Waals surface area contributed by atoms with Crippen LogP contribution in [-0.2, 0) is 0 Å². The van der Waals surface area contributed by atoms with Crippen molar-refractivity contribution < 1.29 is 0 Å². The molecule has 6 heavy (non-hydrogen) atoms. The Hall–Kier alpha value is 0.360. The molecule has 0 fully saturated rings. The normalized spacial score (nSPS) is 8.83. The van der Waals surface area contributed by atoms with E-state index in [1.165, 1.54) is 2.88 Å². The molecule has 0 amide bonds. The largest absolute Gasteiger partial charge is 0.252 e. The average molecular weight is 211 g/mol. The number of hydrogen-bond donors (Lipinski definition) is 0. The molecule has 1 heterocycles. The van der Waals surface area contributed by atoms with Crippen LogP contribution in [0.5, 0.6) is 0 Å². The van der Waals surface area contributed by atoms with Crippen molar-refractivity contribution in [3.63, 3.8) is 0 Å². The Kier molecular flexibility index (Phi) is 1.42. The van der Waals surface area contributed by atoms with Gasteiger partial charge in [-0.25, -0.2) is 0 Å². The van der Waals surface area contributed by atoms with Gasteiger partial charge in [-0.3, -0.25) is 4.98 Å². The third-order valence-corrected chi connectivity index (χ3v) is 2.00. The molecule has 0 aliphatic rings. The fourth-order valence-corrected chi connectivity index (χ4v) is 1.05. The Labute approximate surface area is 53.6 Å². The quantitative estimate of drug-likeness (QED) is 0.595. The maximum absolute atomic E-state index is 3.83. The van der Waals surface area contributed by atoms with Gasteiger partial charge in [0.1, 0.15) is 0 Å². The molecule has 0 radical (unpaired) electrons. The van der Waals surface area contributed by atoms with Crippen LogP contribution in [0, 0.1) is 2.88 Å². The van der Waals surface area contributed by atoms with E-state index >= 15 is 0 Å². The van der Waals surface area contributed by atoms with Crippen LogP contribution >= 0.6 is 33.9 Å². The minimum atomic E-state index is 1.24. The molecule has 0 spiro atoms. The number of halogens is 1. The van der Waals surface area contributed by atoms with Gasteiger partial charge in [0.05, 0.1) is 14.6 Å². The Morgan fingerprint density at radius 2 is 2.67 bits per heavy atom. The SMILES string of the molecule is Ic1cncs1. The van der Waals surface area contributed by atoms with Crippen LogP contribution < -0.4 is 0 Å². The molecule has 0 aromatic carbocycles.